The Balaban J connectivity index is 1.06. The summed E-state index contributed by atoms with van der Waals surface area (Å²) >= 11 is 6.19. The number of hydrogen-bond donors (Lipinski definition) is 3. The summed E-state index contributed by atoms with van der Waals surface area (Å²) in [6.07, 6.45) is 9.78. The number of fused-ring (bicyclic) bond motifs is 1. The summed E-state index contributed by atoms with van der Waals surface area (Å²) in [6.45, 7) is 3.15. The van der Waals surface area contributed by atoms with Crippen molar-refractivity contribution in [2.24, 2.45) is 5.92 Å². The minimum absolute atomic E-state index is 0.179. The molecule has 0 unspecified atom stereocenters. The van der Waals surface area contributed by atoms with Gasteiger partial charge in [-0.1, -0.05) is 11.6 Å². The number of β-amino-alcohol motifs (C(OH)–C–C–N with tert-alkyl or cyclic N) is 1. The van der Waals surface area contributed by atoms with E-state index in [2.05, 4.69) is 35.5 Å². The molecule has 2 fully saturated rings. The van der Waals surface area contributed by atoms with Gasteiger partial charge in [-0.25, -0.2) is 19.9 Å². The van der Waals surface area contributed by atoms with Crippen molar-refractivity contribution in [3.05, 3.63) is 47.5 Å². The van der Waals surface area contributed by atoms with Gasteiger partial charge < -0.3 is 15.7 Å². The number of hydrogen-bond acceptors (Lipinski definition) is 8. The van der Waals surface area contributed by atoms with Gasteiger partial charge >= 0.3 is 0 Å². The predicted octanol–water partition coefficient (Wildman–Crippen LogP) is 3.33. The zero-order valence-electron chi connectivity index (χ0n) is 17.9. The SMILES string of the molecule is OC1CN(Cc2cnc(NC[C@H]3CC[C@H](Nc4ccc5ccnc(Cl)c5n4)CC3)nc2)C1. The van der Waals surface area contributed by atoms with Crippen molar-refractivity contribution in [3.63, 3.8) is 0 Å². The fourth-order valence-corrected chi connectivity index (χ4v) is 4.72. The molecule has 0 radical (unpaired) electrons. The highest BCUT2D eigenvalue weighted by Crippen LogP contribution is 2.28. The van der Waals surface area contributed by atoms with E-state index in [-0.39, 0.29) is 6.10 Å². The van der Waals surface area contributed by atoms with Crippen LogP contribution in [0.1, 0.15) is 31.2 Å². The molecule has 0 aromatic carbocycles. The van der Waals surface area contributed by atoms with Gasteiger partial charge in [-0.3, -0.25) is 4.90 Å². The lowest BCUT2D eigenvalue weighted by Crippen LogP contribution is -2.49. The summed E-state index contributed by atoms with van der Waals surface area (Å²) in [5.74, 6) is 2.15. The van der Waals surface area contributed by atoms with E-state index in [0.717, 1.165) is 74.1 Å². The largest absolute Gasteiger partial charge is 0.390 e. The Morgan fingerprint density at radius 2 is 1.81 bits per heavy atom. The van der Waals surface area contributed by atoms with Crippen molar-refractivity contribution >= 4 is 34.3 Å². The lowest BCUT2D eigenvalue weighted by Gasteiger charge is -2.35. The zero-order valence-corrected chi connectivity index (χ0v) is 18.7. The summed E-state index contributed by atoms with van der Waals surface area (Å²) in [7, 11) is 0. The van der Waals surface area contributed by atoms with Crippen LogP contribution in [-0.2, 0) is 6.54 Å². The summed E-state index contributed by atoms with van der Waals surface area (Å²) in [6, 6.07) is 6.39. The number of halogens is 1. The summed E-state index contributed by atoms with van der Waals surface area (Å²) in [4.78, 5) is 19.9. The van der Waals surface area contributed by atoms with Crippen molar-refractivity contribution in [2.45, 2.75) is 44.4 Å². The fourth-order valence-electron chi connectivity index (χ4n) is 4.51. The molecule has 1 saturated heterocycles. The van der Waals surface area contributed by atoms with Crippen LogP contribution in [-0.4, -0.2) is 61.7 Å². The minimum atomic E-state index is -0.179. The van der Waals surface area contributed by atoms with Crippen molar-refractivity contribution in [1.82, 2.24) is 24.8 Å². The summed E-state index contributed by atoms with van der Waals surface area (Å²) in [5, 5.41) is 17.8. The number of aliphatic hydroxyl groups is 1. The number of anilines is 2. The van der Waals surface area contributed by atoms with Gasteiger partial charge in [-0.15, -0.1) is 0 Å². The second kappa shape index (κ2) is 9.52. The molecule has 1 saturated carbocycles. The maximum absolute atomic E-state index is 9.38. The first-order valence-electron chi connectivity index (χ1n) is 11.3. The normalized spacial score (nSPS) is 21.9. The van der Waals surface area contributed by atoms with E-state index in [4.69, 9.17) is 11.6 Å². The summed E-state index contributed by atoms with van der Waals surface area (Å²) < 4.78 is 0. The molecule has 32 heavy (non-hydrogen) atoms. The van der Waals surface area contributed by atoms with Crippen LogP contribution in [0.4, 0.5) is 11.8 Å². The molecular weight excluding hydrogens is 426 g/mol. The van der Waals surface area contributed by atoms with Crippen molar-refractivity contribution in [1.29, 1.82) is 0 Å². The van der Waals surface area contributed by atoms with Gasteiger partial charge in [0.05, 0.1) is 6.10 Å². The Morgan fingerprint density at radius 1 is 1.03 bits per heavy atom. The first kappa shape index (κ1) is 21.3. The molecule has 0 bridgehead atoms. The highest BCUT2D eigenvalue weighted by molar-refractivity contribution is 6.33. The Kier molecular flexibility index (Phi) is 6.34. The molecule has 168 valence electrons. The lowest BCUT2D eigenvalue weighted by atomic mass is 9.86. The maximum atomic E-state index is 9.38. The number of nitrogens with one attached hydrogen (secondary N) is 2. The van der Waals surface area contributed by atoms with Gasteiger partial charge in [0, 0.05) is 61.8 Å². The standard InChI is InChI=1S/C23H28ClN7O/c24-22-21-17(7-8-25-22)3-6-20(30-21)29-18-4-1-15(2-5-18)9-26-23-27-10-16(11-28-23)12-31-13-19(32)14-31/h3,6-8,10-11,15,18-19,32H,1-2,4-5,9,12-14H2,(H,29,30)(H,26,27,28)/t15-,18-. The quantitative estimate of drug-likeness (QED) is 0.468. The molecule has 0 spiro atoms. The van der Waals surface area contributed by atoms with Gasteiger partial charge in [0.1, 0.15) is 11.3 Å². The fraction of sp³-hybridized carbons (Fsp3) is 0.478. The van der Waals surface area contributed by atoms with E-state index >= 15 is 0 Å². The third-order valence-corrected chi connectivity index (χ3v) is 6.64. The number of aromatic nitrogens is 4. The zero-order chi connectivity index (χ0) is 21.9. The Bertz CT molecular complexity index is 1050. The van der Waals surface area contributed by atoms with Crippen LogP contribution in [0.15, 0.2) is 36.8 Å². The highest BCUT2D eigenvalue weighted by atomic mass is 35.5. The molecule has 9 heteroatoms. The number of pyridine rings is 2. The van der Waals surface area contributed by atoms with E-state index in [0.29, 0.717) is 23.1 Å². The average molecular weight is 454 g/mol. The number of likely N-dealkylation sites (tertiary alicyclic amines) is 1. The van der Waals surface area contributed by atoms with Crippen molar-refractivity contribution < 1.29 is 5.11 Å². The predicted molar refractivity (Wildman–Crippen MR) is 126 cm³/mol. The second-order valence-electron chi connectivity index (χ2n) is 8.88. The van der Waals surface area contributed by atoms with Gasteiger partial charge in [-0.2, -0.15) is 0 Å². The van der Waals surface area contributed by atoms with Gasteiger partial charge in [0.15, 0.2) is 5.15 Å². The first-order valence-corrected chi connectivity index (χ1v) is 11.6. The molecule has 0 amide bonds. The molecule has 3 N–H and O–H groups in total. The van der Waals surface area contributed by atoms with Crippen LogP contribution in [0.25, 0.3) is 10.9 Å². The van der Waals surface area contributed by atoms with Gasteiger partial charge in [0.25, 0.3) is 0 Å². The van der Waals surface area contributed by atoms with Crippen molar-refractivity contribution in [2.75, 3.05) is 30.3 Å². The smallest absolute Gasteiger partial charge is 0.222 e. The van der Waals surface area contributed by atoms with Crippen LogP contribution in [0.3, 0.4) is 0 Å². The van der Waals surface area contributed by atoms with Crippen LogP contribution < -0.4 is 10.6 Å². The molecule has 1 aliphatic carbocycles. The topological polar surface area (TPSA) is 99.1 Å². The minimum Gasteiger partial charge on any atom is -0.390 e. The Labute approximate surface area is 192 Å². The third-order valence-electron chi connectivity index (χ3n) is 6.36. The molecule has 3 aromatic heterocycles. The van der Waals surface area contributed by atoms with E-state index in [1.807, 2.05) is 30.6 Å². The van der Waals surface area contributed by atoms with E-state index in [9.17, 15) is 5.11 Å². The van der Waals surface area contributed by atoms with E-state index in [1.165, 1.54) is 0 Å². The van der Waals surface area contributed by atoms with Gasteiger partial charge in [0.2, 0.25) is 5.95 Å². The van der Waals surface area contributed by atoms with Crippen molar-refractivity contribution in [3.8, 4) is 0 Å². The molecule has 5 rings (SSSR count). The molecule has 4 heterocycles. The van der Waals surface area contributed by atoms with Gasteiger partial charge in [-0.05, 0) is 49.8 Å². The molecule has 1 aliphatic heterocycles. The Morgan fingerprint density at radius 3 is 2.56 bits per heavy atom. The molecule has 3 aromatic rings. The van der Waals surface area contributed by atoms with Crippen LogP contribution in [0.2, 0.25) is 5.15 Å². The first-order chi connectivity index (χ1) is 15.6. The van der Waals surface area contributed by atoms with E-state index < -0.39 is 0 Å². The number of nitrogens with zero attached hydrogens (tertiary/aromatic N) is 5. The number of rotatable bonds is 7. The molecule has 8 nitrogen and oxygen atoms in total. The lowest BCUT2D eigenvalue weighted by molar-refractivity contribution is -0.00297. The monoisotopic (exact) mass is 453 g/mol. The second-order valence-corrected chi connectivity index (χ2v) is 9.23. The highest BCUT2D eigenvalue weighted by Gasteiger charge is 2.24. The average Bonchev–Trinajstić information content (AvgIpc) is 2.79. The molecule has 2 aliphatic rings. The van der Waals surface area contributed by atoms with Crippen LogP contribution in [0, 0.1) is 5.92 Å². The molecular formula is C23H28ClN7O. The molecule has 0 atom stereocenters. The van der Waals surface area contributed by atoms with E-state index in [1.54, 1.807) is 6.20 Å². The summed E-state index contributed by atoms with van der Waals surface area (Å²) in [5.41, 5.74) is 1.82. The van der Waals surface area contributed by atoms with Crippen LogP contribution >= 0.6 is 11.6 Å². The maximum Gasteiger partial charge on any atom is 0.222 e. The third kappa shape index (κ3) is 5.09. The Hall–Kier alpha value is -2.55. The van der Waals surface area contributed by atoms with Crippen LogP contribution in [0.5, 0.6) is 0 Å². The number of aliphatic hydroxyl groups excluding tert-OH is 1.